The lowest BCUT2D eigenvalue weighted by atomic mass is 10.00. The Morgan fingerprint density at radius 2 is 2.08 bits per heavy atom. The quantitative estimate of drug-likeness (QED) is 0.847. The number of likely N-dealkylation sites (tertiary alicyclic amines) is 1. The summed E-state index contributed by atoms with van der Waals surface area (Å²) in [6, 6.07) is 11.3. The molecule has 4 nitrogen and oxygen atoms in total. The van der Waals surface area contributed by atoms with E-state index in [1.54, 1.807) is 17.7 Å². The maximum Gasteiger partial charge on any atom is 0.244 e. The van der Waals surface area contributed by atoms with Crippen molar-refractivity contribution in [2.75, 3.05) is 13.1 Å². The number of piperidine rings is 1. The molecule has 2 aromatic rings. The van der Waals surface area contributed by atoms with Crippen molar-refractivity contribution in [2.24, 2.45) is 0 Å². The third-order valence-electron chi connectivity index (χ3n) is 4.56. The van der Waals surface area contributed by atoms with Crippen molar-refractivity contribution in [3.8, 4) is 0 Å². The van der Waals surface area contributed by atoms with Crippen LogP contribution in [0.1, 0.15) is 37.1 Å². The van der Waals surface area contributed by atoms with Crippen molar-refractivity contribution in [1.82, 2.24) is 15.2 Å². The Morgan fingerprint density at radius 1 is 1.33 bits per heavy atom. The molecule has 1 aliphatic heterocycles. The van der Waals surface area contributed by atoms with Gasteiger partial charge < -0.3 is 5.32 Å². The van der Waals surface area contributed by atoms with Gasteiger partial charge in [-0.05, 0) is 31.4 Å². The Hall–Kier alpha value is -1.98. The Labute approximate surface area is 147 Å². The van der Waals surface area contributed by atoms with Gasteiger partial charge in [-0.15, -0.1) is 11.3 Å². The predicted octanol–water partition coefficient (Wildman–Crippen LogP) is 3.50. The van der Waals surface area contributed by atoms with Gasteiger partial charge >= 0.3 is 0 Å². The molecule has 1 aromatic carbocycles. The number of hydrogen-bond acceptors (Lipinski definition) is 4. The highest BCUT2D eigenvalue weighted by atomic mass is 32.1. The lowest BCUT2D eigenvalue weighted by Crippen LogP contribution is -2.44. The number of benzene rings is 1. The minimum absolute atomic E-state index is 0.0300. The largest absolute Gasteiger partial charge is 0.350 e. The summed E-state index contributed by atoms with van der Waals surface area (Å²) in [6.07, 6.45) is 5.33. The molecule has 0 radical (unpaired) electrons. The third-order valence-corrected chi connectivity index (χ3v) is 5.17. The van der Waals surface area contributed by atoms with E-state index < -0.39 is 0 Å². The molecule has 3 rings (SSSR count). The second-order valence-corrected chi connectivity index (χ2v) is 6.87. The molecule has 1 amide bonds. The van der Waals surface area contributed by atoms with E-state index >= 15 is 0 Å². The Kier molecular flexibility index (Phi) is 5.77. The highest BCUT2D eigenvalue weighted by molar-refractivity contribution is 7.07. The monoisotopic (exact) mass is 341 g/mol. The molecular weight excluding hydrogens is 318 g/mol. The van der Waals surface area contributed by atoms with Crippen LogP contribution in [0.3, 0.4) is 0 Å². The minimum Gasteiger partial charge on any atom is -0.350 e. The molecule has 0 aliphatic carbocycles. The standard InChI is InChI=1S/C19H23N3OS/c1-15(16-5-3-2-4-6-16)22-11-9-17(10-12-22)21-19(23)8-7-18-13-24-14-20-18/h2-8,13-15,17H,9-12H2,1H3,(H,21,23)/b8-7-/t15-/m1/s1. The number of rotatable bonds is 5. The van der Waals surface area contributed by atoms with Gasteiger partial charge in [-0.2, -0.15) is 0 Å². The van der Waals surface area contributed by atoms with Crippen LogP contribution in [0, 0.1) is 0 Å². The SMILES string of the molecule is C[C@H](c1ccccc1)N1CCC(NC(=O)/C=C\c2cscn2)CC1. The van der Waals surface area contributed by atoms with E-state index in [4.69, 9.17) is 0 Å². The van der Waals surface area contributed by atoms with Crippen LogP contribution in [0.2, 0.25) is 0 Å². The van der Waals surface area contributed by atoms with Crippen molar-refractivity contribution in [1.29, 1.82) is 0 Å². The van der Waals surface area contributed by atoms with Gasteiger partial charge in [-0.25, -0.2) is 4.98 Å². The first-order chi connectivity index (χ1) is 11.7. The van der Waals surface area contributed by atoms with E-state index in [1.807, 2.05) is 5.38 Å². The fourth-order valence-electron chi connectivity index (χ4n) is 3.09. The molecule has 1 aliphatic rings. The maximum atomic E-state index is 12.0. The summed E-state index contributed by atoms with van der Waals surface area (Å²) in [6.45, 7) is 4.28. The molecule has 1 fully saturated rings. The first-order valence-electron chi connectivity index (χ1n) is 8.38. The maximum absolute atomic E-state index is 12.0. The van der Waals surface area contributed by atoms with Crippen LogP contribution >= 0.6 is 11.3 Å². The van der Waals surface area contributed by atoms with E-state index in [0.717, 1.165) is 31.6 Å². The first-order valence-corrected chi connectivity index (χ1v) is 9.32. The number of nitrogens with one attached hydrogen (secondary N) is 1. The van der Waals surface area contributed by atoms with Gasteiger partial charge in [-0.3, -0.25) is 9.69 Å². The molecule has 0 unspecified atom stereocenters. The molecule has 24 heavy (non-hydrogen) atoms. The Morgan fingerprint density at radius 3 is 2.75 bits per heavy atom. The second kappa shape index (κ2) is 8.22. The Bertz CT molecular complexity index is 661. The number of carbonyl (C=O) groups excluding carboxylic acids is 1. The van der Waals surface area contributed by atoms with Crippen molar-refractivity contribution in [3.63, 3.8) is 0 Å². The number of aromatic nitrogens is 1. The summed E-state index contributed by atoms with van der Waals surface area (Å²) in [7, 11) is 0. The van der Waals surface area contributed by atoms with Crippen LogP contribution in [-0.2, 0) is 4.79 Å². The van der Waals surface area contributed by atoms with E-state index in [1.165, 1.54) is 16.9 Å². The van der Waals surface area contributed by atoms with Gasteiger partial charge in [0.2, 0.25) is 5.91 Å². The van der Waals surface area contributed by atoms with Gasteiger partial charge in [0.25, 0.3) is 0 Å². The Balaban J connectivity index is 1.46. The molecular formula is C19H23N3OS. The van der Waals surface area contributed by atoms with E-state index in [2.05, 4.69) is 52.5 Å². The van der Waals surface area contributed by atoms with E-state index in [0.29, 0.717) is 6.04 Å². The fourth-order valence-corrected chi connectivity index (χ4v) is 3.61. The molecule has 5 heteroatoms. The summed E-state index contributed by atoms with van der Waals surface area (Å²) in [4.78, 5) is 18.6. The number of carbonyl (C=O) groups is 1. The lowest BCUT2D eigenvalue weighted by Gasteiger charge is -2.36. The molecule has 1 aromatic heterocycles. The van der Waals surface area contributed by atoms with Gasteiger partial charge in [0.05, 0.1) is 11.2 Å². The first kappa shape index (κ1) is 16.9. The smallest absolute Gasteiger partial charge is 0.244 e. The van der Waals surface area contributed by atoms with Gasteiger partial charge in [-0.1, -0.05) is 30.3 Å². The number of thiazole rings is 1. The van der Waals surface area contributed by atoms with Gasteiger partial charge in [0, 0.05) is 36.6 Å². The summed E-state index contributed by atoms with van der Waals surface area (Å²) in [5.74, 6) is -0.0300. The number of amides is 1. The van der Waals surface area contributed by atoms with Crippen LogP contribution in [0.15, 0.2) is 47.3 Å². The van der Waals surface area contributed by atoms with Gasteiger partial charge in [0.15, 0.2) is 0 Å². The third kappa shape index (κ3) is 4.52. The molecule has 1 saturated heterocycles. The predicted molar refractivity (Wildman–Crippen MR) is 98.7 cm³/mol. The summed E-state index contributed by atoms with van der Waals surface area (Å²) in [5.41, 5.74) is 3.95. The van der Waals surface area contributed by atoms with E-state index in [9.17, 15) is 4.79 Å². The summed E-state index contributed by atoms with van der Waals surface area (Å²) < 4.78 is 0. The highest BCUT2D eigenvalue weighted by Gasteiger charge is 2.23. The van der Waals surface area contributed by atoms with Crippen molar-refractivity contribution in [3.05, 3.63) is 58.6 Å². The van der Waals surface area contributed by atoms with Crippen LogP contribution in [0.5, 0.6) is 0 Å². The van der Waals surface area contributed by atoms with Crippen molar-refractivity contribution in [2.45, 2.75) is 31.8 Å². The normalized spacial score (nSPS) is 17.9. The average Bonchev–Trinajstić information content (AvgIpc) is 3.14. The molecule has 0 bridgehead atoms. The average molecular weight is 341 g/mol. The fraction of sp³-hybridized carbons (Fsp3) is 0.368. The highest BCUT2D eigenvalue weighted by Crippen LogP contribution is 2.23. The molecule has 1 N–H and O–H groups in total. The van der Waals surface area contributed by atoms with Crippen LogP contribution in [0.25, 0.3) is 6.08 Å². The van der Waals surface area contributed by atoms with E-state index in [-0.39, 0.29) is 11.9 Å². The minimum atomic E-state index is -0.0300. The van der Waals surface area contributed by atoms with Crippen LogP contribution in [0.4, 0.5) is 0 Å². The van der Waals surface area contributed by atoms with Gasteiger partial charge in [0.1, 0.15) is 0 Å². The molecule has 2 heterocycles. The zero-order valence-corrected chi connectivity index (χ0v) is 14.7. The molecule has 1 atom stereocenters. The molecule has 0 spiro atoms. The number of hydrogen-bond donors (Lipinski definition) is 1. The zero-order chi connectivity index (χ0) is 16.8. The second-order valence-electron chi connectivity index (χ2n) is 6.15. The molecule has 126 valence electrons. The van der Waals surface area contributed by atoms with Crippen molar-refractivity contribution < 1.29 is 4.79 Å². The van der Waals surface area contributed by atoms with Crippen LogP contribution < -0.4 is 5.32 Å². The topological polar surface area (TPSA) is 45.2 Å². The molecule has 0 saturated carbocycles. The number of nitrogens with zero attached hydrogens (tertiary/aromatic N) is 2. The zero-order valence-electron chi connectivity index (χ0n) is 13.9. The van der Waals surface area contributed by atoms with Crippen LogP contribution in [-0.4, -0.2) is 34.9 Å². The van der Waals surface area contributed by atoms with Crippen molar-refractivity contribution >= 4 is 23.3 Å². The lowest BCUT2D eigenvalue weighted by molar-refractivity contribution is -0.117. The summed E-state index contributed by atoms with van der Waals surface area (Å²) in [5, 5.41) is 5.03. The summed E-state index contributed by atoms with van der Waals surface area (Å²) >= 11 is 1.53.